The van der Waals surface area contributed by atoms with Gasteiger partial charge in [-0.25, -0.2) is 9.97 Å². The van der Waals surface area contributed by atoms with Crippen LogP contribution in [0.15, 0.2) is 27.4 Å². The maximum Gasteiger partial charge on any atom is 0.146 e. The van der Waals surface area contributed by atoms with Gasteiger partial charge >= 0.3 is 0 Å². The molecule has 4 rings (SSSR count). The van der Waals surface area contributed by atoms with Crippen LogP contribution in [0.3, 0.4) is 0 Å². The molecule has 3 aliphatic rings. The van der Waals surface area contributed by atoms with Gasteiger partial charge in [0.1, 0.15) is 17.5 Å². The number of aliphatic imine (C=N–C) groups is 1. The smallest absolute Gasteiger partial charge is 0.146 e. The molecule has 0 N–H and O–H groups in total. The van der Waals surface area contributed by atoms with Crippen molar-refractivity contribution in [3.05, 3.63) is 23.2 Å². The van der Waals surface area contributed by atoms with Gasteiger partial charge in [-0.05, 0) is 50.5 Å². The Bertz CT molecular complexity index is 777. The van der Waals surface area contributed by atoms with Crippen LogP contribution in [-0.4, -0.2) is 34.1 Å². The lowest BCUT2D eigenvalue weighted by atomic mass is 9.87. The summed E-state index contributed by atoms with van der Waals surface area (Å²) in [6, 6.07) is 0. The Hall–Kier alpha value is -1.36. The van der Waals surface area contributed by atoms with E-state index in [2.05, 4.69) is 25.7 Å². The van der Waals surface area contributed by atoms with Crippen molar-refractivity contribution < 1.29 is 0 Å². The van der Waals surface area contributed by atoms with Crippen molar-refractivity contribution in [2.45, 2.75) is 101 Å². The van der Waals surface area contributed by atoms with Gasteiger partial charge in [-0.2, -0.15) is 0 Å². The third kappa shape index (κ3) is 4.12. The molecule has 2 atom stereocenters. The zero-order valence-electron chi connectivity index (χ0n) is 18.4. The maximum absolute atomic E-state index is 5.30. The molecule has 0 unspecified atom stereocenters. The fourth-order valence-electron chi connectivity index (χ4n) is 4.95. The highest BCUT2D eigenvalue weighted by Crippen LogP contribution is 2.56. The highest BCUT2D eigenvalue weighted by Gasteiger charge is 2.44. The van der Waals surface area contributed by atoms with Crippen LogP contribution in [-0.2, 0) is 0 Å². The van der Waals surface area contributed by atoms with Crippen molar-refractivity contribution in [1.29, 1.82) is 0 Å². The first kappa shape index (κ1) is 20.9. The standard InChI is InChI=1S/C24H36N4S/c1-4-7-13-19-17-11-10-12-18(17)20-21-22(29-24(20)27-19)23(26-16-25-21)28(14-8-5-2)15-9-6-3/h16,20,24H,4-15H2,1-3H3/t20-,24-/m1/s1. The van der Waals surface area contributed by atoms with Crippen LogP contribution in [0.25, 0.3) is 0 Å². The van der Waals surface area contributed by atoms with E-state index in [0.717, 1.165) is 19.5 Å². The summed E-state index contributed by atoms with van der Waals surface area (Å²) in [5, 5.41) is 0.281. The average molecular weight is 413 g/mol. The molecule has 3 heterocycles. The fourth-order valence-corrected chi connectivity index (χ4v) is 6.39. The number of hydrogen-bond acceptors (Lipinski definition) is 5. The fraction of sp³-hybridized carbons (Fsp3) is 0.708. The lowest BCUT2D eigenvalue weighted by Crippen LogP contribution is -2.27. The third-order valence-electron chi connectivity index (χ3n) is 6.53. The second-order valence-corrected chi connectivity index (χ2v) is 9.76. The molecule has 5 heteroatoms. The van der Waals surface area contributed by atoms with E-state index in [4.69, 9.17) is 15.0 Å². The normalized spacial score (nSPS) is 22.4. The Morgan fingerprint density at radius 1 is 1.00 bits per heavy atom. The minimum Gasteiger partial charge on any atom is -0.356 e. The summed E-state index contributed by atoms with van der Waals surface area (Å²) in [6.45, 7) is 9.00. The van der Waals surface area contributed by atoms with Gasteiger partial charge in [-0.1, -0.05) is 57.4 Å². The molecule has 0 aromatic carbocycles. The first-order valence-corrected chi connectivity index (χ1v) is 12.7. The Balaban J connectivity index is 1.67. The van der Waals surface area contributed by atoms with Gasteiger partial charge in [0, 0.05) is 18.8 Å². The SMILES string of the molecule is CCCCC1=N[C@@H]2Sc3c(ncnc3N(CCCC)CCCC)[C@H]2C2=C1CCC2. The number of nitrogens with zero attached hydrogens (tertiary/aromatic N) is 4. The molecule has 0 saturated heterocycles. The second-order valence-electron chi connectivity index (χ2n) is 8.63. The van der Waals surface area contributed by atoms with Crippen molar-refractivity contribution >= 4 is 23.3 Å². The predicted molar refractivity (Wildman–Crippen MR) is 124 cm³/mol. The third-order valence-corrected chi connectivity index (χ3v) is 7.77. The largest absolute Gasteiger partial charge is 0.356 e. The lowest BCUT2D eigenvalue weighted by molar-refractivity contribution is 0.657. The molecular weight excluding hydrogens is 376 g/mol. The lowest BCUT2D eigenvalue weighted by Gasteiger charge is -2.26. The van der Waals surface area contributed by atoms with Gasteiger partial charge in [0.05, 0.1) is 16.5 Å². The highest BCUT2D eigenvalue weighted by atomic mass is 32.2. The summed E-state index contributed by atoms with van der Waals surface area (Å²) < 4.78 is 0. The van der Waals surface area contributed by atoms with E-state index in [9.17, 15) is 0 Å². The summed E-state index contributed by atoms with van der Waals surface area (Å²) in [5.41, 5.74) is 5.91. The van der Waals surface area contributed by atoms with E-state index < -0.39 is 0 Å². The number of allylic oxidation sites excluding steroid dienone is 1. The van der Waals surface area contributed by atoms with Crippen molar-refractivity contribution in [2.75, 3.05) is 18.0 Å². The van der Waals surface area contributed by atoms with Crippen molar-refractivity contribution in [1.82, 2.24) is 9.97 Å². The van der Waals surface area contributed by atoms with Crippen LogP contribution in [0.1, 0.15) is 96.6 Å². The minimum absolute atomic E-state index is 0.281. The van der Waals surface area contributed by atoms with Gasteiger partial charge in [-0.15, -0.1) is 0 Å². The van der Waals surface area contributed by atoms with Gasteiger partial charge in [0.15, 0.2) is 0 Å². The first-order chi connectivity index (χ1) is 14.3. The Labute approximate surface area is 180 Å². The molecule has 2 aliphatic heterocycles. The predicted octanol–water partition coefficient (Wildman–Crippen LogP) is 6.52. The minimum atomic E-state index is 0.281. The number of thioether (sulfide) groups is 1. The van der Waals surface area contributed by atoms with Crippen LogP contribution in [0, 0.1) is 0 Å². The molecule has 29 heavy (non-hydrogen) atoms. The van der Waals surface area contributed by atoms with Gasteiger partial charge in [0.25, 0.3) is 0 Å². The molecule has 4 nitrogen and oxygen atoms in total. The summed E-state index contributed by atoms with van der Waals surface area (Å²) in [5.74, 6) is 1.56. The molecule has 0 radical (unpaired) electrons. The molecule has 0 bridgehead atoms. The number of unbranched alkanes of at least 4 members (excludes halogenated alkanes) is 3. The monoisotopic (exact) mass is 412 g/mol. The van der Waals surface area contributed by atoms with Crippen LogP contribution in [0.2, 0.25) is 0 Å². The quantitative estimate of drug-likeness (QED) is 0.438. The van der Waals surface area contributed by atoms with Crippen LogP contribution < -0.4 is 4.90 Å². The van der Waals surface area contributed by atoms with E-state index in [1.807, 2.05) is 18.1 Å². The van der Waals surface area contributed by atoms with E-state index in [0.29, 0.717) is 5.92 Å². The average Bonchev–Trinajstić information content (AvgIpc) is 3.36. The number of fused-ring (bicyclic) bond motifs is 4. The number of rotatable bonds is 10. The second kappa shape index (κ2) is 9.63. The Kier molecular flexibility index (Phi) is 6.94. The topological polar surface area (TPSA) is 41.4 Å². The summed E-state index contributed by atoms with van der Waals surface area (Å²) >= 11 is 1.94. The van der Waals surface area contributed by atoms with Crippen LogP contribution in [0.5, 0.6) is 0 Å². The zero-order valence-corrected chi connectivity index (χ0v) is 19.2. The Morgan fingerprint density at radius 3 is 2.48 bits per heavy atom. The van der Waals surface area contributed by atoms with Crippen LogP contribution >= 0.6 is 11.8 Å². The Morgan fingerprint density at radius 2 is 1.76 bits per heavy atom. The van der Waals surface area contributed by atoms with Crippen molar-refractivity contribution in [3.63, 3.8) is 0 Å². The molecular formula is C24H36N4S. The van der Waals surface area contributed by atoms with E-state index in [1.54, 1.807) is 11.1 Å². The van der Waals surface area contributed by atoms with Crippen LogP contribution in [0.4, 0.5) is 5.82 Å². The number of aromatic nitrogens is 2. The molecule has 0 spiro atoms. The molecule has 158 valence electrons. The summed E-state index contributed by atoms with van der Waals surface area (Å²) in [7, 11) is 0. The van der Waals surface area contributed by atoms with E-state index in [1.165, 1.54) is 79.9 Å². The highest BCUT2D eigenvalue weighted by molar-refractivity contribution is 8.00. The summed E-state index contributed by atoms with van der Waals surface area (Å²) in [4.78, 5) is 18.8. The van der Waals surface area contributed by atoms with E-state index in [-0.39, 0.29) is 5.37 Å². The first-order valence-electron chi connectivity index (χ1n) is 11.8. The maximum atomic E-state index is 5.30. The number of anilines is 1. The van der Waals surface area contributed by atoms with Crippen molar-refractivity contribution in [2.24, 2.45) is 4.99 Å². The molecule has 0 amide bonds. The number of dihydropyridines is 1. The van der Waals surface area contributed by atoms with Crippen molar-refractivity contribution in [3.8, 4) is 0 Å². The van der Waals surface area contributed by atoms with E-state index >= 15 is 0 Å². The zero-order chi connectivity index (χ0) is 20.2. The molecule has 0 saturated carbocycles. The molecule has 1 aliphatic carbocycles. The molecule has 1 aromatic rings. The summed E-state index contributed by atoms with van der Waals surface area (Å²) in [6.07, 6.45) is 14.1. The molecule has 0 fully saturated rings. The number of hydrogen-bond donors (Lipinski definition) is 0. The van der Waals surface area contributed by atoms with Gasteiger partial charge in [-0.3, -0.25) is 4.99 Å². The van der Waals surface area contributed by atoms with Gasteiger partial charge in [0.2, 0.25) is 0 Å². The van der Waals surface area contributed by atoms with Gasteiger partial charge < -0.3 is 4.90 Å². The molecule has 1 aromatic heterocycles.